The molecule has 0 saturated heterocycles. The van der Waals surface area contributed by atoms with E-state index >= 15 is 0 Å². The first-order valence-corrected chi connectivity index (χ1v) is 7.32. The van der Waals surface area contributed by atoms with Crippen LogP contribution >= 0.6 is 15.9 Å². The fraction of sp³-hybridized carbons (Fsp3) is 0.188. The molecule has 0 spiro atoms. The number of carbonyl (C=O) groups is 1. The van der Waals surface area contributed by atoms with E-state index in [1.54, 1.807) is 0 Å². The molecule has 102 valence electrons. The normalized spacial score (nSPS) is 13.4. The van der Waals surface area contributed by atoms with Crippen molar-refractivity contribution < 1.29 is 4.79 Å². The minimum atomic E-state index is 0.0324. The van der Waals surface area contributed by atoms with Crippen LogP contribution in [0.5, 0.6) is 0 Å². The molecule has 2 N–H and O–H groups in total. The second-order valence-electron chi connectivity index (χ2n) is 5.06. The van der Waals surface area contributed by atoms with E-state index < -0.39 is 0 Å². The van der Waals surface area contributed by atoms with Crippen molar-refractivity contribution in [3.05, 3.63) is 57.6 Å². The minimum Gasteiger partial charge on any atom is -0.399 e. The van der Waals surface area contributed by atoms with Gasteiger partial charge in [-0.15, -0.1) is 0 Å². The van der Waals surface area contributed by atoms with Crippen LogP contribution in [-0.2, 0) is 6.42 Å². The summed E-state index contributed by atoms with van der Waals surface area (Å²) in [4.78, 5) is 14.5. The Morgan fingerprint density at radius 1 is 1.25 bits per heavy atom. The molecule has 3 nitrogen and oxygen atoms in total. The highest BCUT2D eigenvalue weighted by Gasteiger charge is 2.25. The Kier molecular flexibility index (Phi) is 3.26. The number of nitrogen functional groups attached to an aromatic ring is 1. The lowest BCUT2D eigenvalue weighted by atomic mass is 10.1. The van der Waals surface area contributed by atoms with Crippen LogP contribution in [-0.4, -0.2) is 12.5 Å². The van der Waals surface area contributed by atoms with E-state index in [-0.39, 0.29) is 5.91 Å². The summed E-state index contributed by atoms with van der Waals surface area (Å²) in [6, 6.07) is 11.5. The number of halogens is 1. The maximum atomic E-state index is 12.7. The van der Waals surface area contributed by atoms with Crippen molar-refractivity contribution in [3.8, 4) is 0 Å². The van der Waals surface area contributed by atoms with Gasteiger partial charge in [-0.1, -0.05) is 22.0 Å². The standard InChI is InChI=1S/C16H15BrN2O/c1-10-8-12(3-5-14(10)17)16(20)19-7-6-11-2-4-13(18)9-15(11)19/h2-5,8-9H,6-7,18H2,1H3. The van der Waals surface area contributed by atoms with Crippen molar-refractivity contribution in [3.63, 3.8) is 0 Å². The van der Waals surface area contributed by atoms with Gasteiger partial charge in [-0.2, -0.15) is 0 Å². The Bertz CT molecular complexity index is 697. The van der Waals surface area contributed by atoms with Crippen LogP contribution in [0.4, 0.5) is 11.4 Å². The summed E-state index contributed by atoms with van der Waals surface area (Å²) >= 11 is 3.46. The molecule has 4 heteroatoms. The van der Waals surface area contributed by atoms with Crippen LogP contribution in [0.2, 0.25) is 0 Å². The zero-order chi connectivity index (χ0) is 14.3. The van der Waals surface area contributed by atoms with E-state index in [0.717, 1.165) is 22.1 Å². The predicted octanol–water partition coefficient (Wildman–Crippen LogP) is 3.54. The lowest BCUT2D eigenvalue weighted by Gasteiger charge is -2.18. The molecular weight excluding hydrogens is 316 g/mol. The monoisotopic (exact) mass is 330 g/mol. The van der Waals surface area contributed by atoms with Gasteiger partial charge >= 0.3 is 0 Å². The molecule has 20 heavy (non-hydrogen) atoms. The van der Waals surface area contributed by atoms with Crippen LogP contribution in [0.1, 0.15) is 21.5 Å². The van der Waals surface area contributed by atoms with Crippen molar-refractivity contribution in [2.45, 2.75) is 13.3 Å². The van der Waals surface area contributed by atoms with E-state index in [2.05, 4.69) is 15.9 Å². The molecule has 1 heterocycles. The van der Waals surface area contributed by atoms with Crippen molar-refractivity contribution in [1.82, 2.24) is 0 Å². The van der Waals surface area contributed by atoms with Gasteiger partial charge < -0.3 is 10.6 Å². The maximum absolute atomic E-state index is 12.7. The Morgan fingerprint density at radius 3 is 2.80 bits per heavy atom. The molecule has 0 saturated carbocycles. The highest BCUT2D eigenvalue weighted by Crippen LogP contribution is 2.31. The van der Waals surface area contributed by atoms with Gasteiger partial charge in [-0.3, -0.25) is 4.79 Å². The number of hydrogen-bond donors (Lipinski definition) is 1. The number of nitrogens with two attached hydrogens (primary N) is 1. The van der Waals surface area contributed by atoms with Crippen LogP contribution in [0.3, 0.4) is 0 Å². The smallest absolute Gasteiger partial charge is 0.258 e. The molecule has 1 aliphatic rings. The summed E-state index contributed by atoms with van der Waals surface area (Å²) in [5, 5.41) is 0. The number of benzene rings is 2. The molecule has 0 unspecified atom stereocenters. The number of amides is 1. The van der Waals surface area contributed by atoms with Gasteiger partial charge in [-0.25, -0.2) is 0 Å². The summed E-state index contributed by atoms with van der Waals surface area (Å²) < 4.78 is 1.01. The lowest BCUT2D eigenvalue weighted by molar-refractivity contribution is 0.0989. The molecule has 3 rings (SSSR count). The van der Waals surface area contributed by atoms with Gasteiger partial charge in [0, 0.05) is 28.0 Å². The highest BCUT2D eigenvalue weighted by atomic mass is 79.9. The predicted molar refractivity (Wildman–Crippen MR) is 85.1 cm³/mol. The average molecular weight is 331 g/mol. The van der Waals surface area contributed by atoms with Crippen LogP contribution in [0.25, 0.3) is 0 Å². The van der Waals surface area contributed by atoms with Crippen molar-refractivity contribution in [2.75, 3.05) is 17.2 Å². The molecule has 0 bridgehead atoms. The molecule has 1 amide bonds. The molecule has 1 aliphatic heterocycles. The third kappa shape index (κ3) is 2.20. The Balaban J connectivity index is 1.97. The summed E-state index contributed by atoms with van der Waals surface area (Å²) in [6.07, 6.45) is 0.886. The Labute approximate surface area is 126 Å². The average Bonchev–Trinajstić information content (AvgIpc) is 2.84. The van der Waals surface area contributed by atoms with E-state index in [1.165, 1.54) is 5.56 Å². The third-order valence-corrected chi connectivity index (χ3v) is 4.54. The summed E-state index contributed by atoms with van der Waals surface area (Å²) in [5.74, 6) is 0.0324. The first-order chi connectivity index (χ1) is 9.56. The number of carbonyl (C=O) groups excluding carboxylic acids is 1. The summed E-state index contributed by atoms with van der Waals surface area (Å²) in [6.45, 7) is 2.70. The van der Waals surface area contributed by atoms with E-state index in [0.29, 0.717) is 17.8 Å². The van der Waals surface area contributed by atoms with Gasteiger partial charge in [0.25, 0.3) is 5.91 Å². The molecule has 0 aliphatic carbocycles. The van der Waals surface area contributed by atoms with Gasteiger partial charge in [0.05, 0.1) is 0 Å². The number of rotatable bonds is 1. The second-order valence-corrected chi connectivity index (χ2v) is 5.91. The number of nitrogens with zero attached hydrogens (tertiary/aromatic N) is 1. The van der Waals surface area contributed by atoms with E-state index in [4.69, 9.17) is 5.73 Å². The highest BCUT2D eigenvalue weighted by molar-refractivity contribution is 9.10. The number of hydrogen-bond acceptors (Lipinski definition) is 2. The van der Waals surface area contributed by atoms with Crippen molar-refractivity contribution in [1.29, 1.82) is 0 Å². The summed E-state index contributed by atoms with van der Waals surface area (Å²) in [7, 11) is 0. The molecule has 0 atom stereocenters. The molecule has 2 aromatic rings. The second kappa shape index (κ2) is 4.94. The number of fused-ring (bicyclic) bond motifs is 1. The topological polar surface area (TPSA) is 46.3 Å². The van der Waals surface area contributed by atoms with Gasteiger partial charge in [0.2, 0.25) is 0 Å². The zero-order valence-corrected chi connectivity index (χ0v) is 12.8. The van der Waals surface area contributed by atoms with Crippen LogP contribution in [0.15, 0.2) is 40.9 Å². The Morgan fingerprint density at radius 2 is 2.05 bits per heavy atom. The third-order valence-electron chi connectivity index (χ3n) is 3.65. The van der Waals surface area contributed by atoms with Crippen LogP contribution in [0, 0.1) is 6.92 Å². The van der Waals surface area contributed by atoms with Gasteiger partial charge in [0.1, 0.15) is 0 Å². The van der Waals surface area contributed by atoms with Gasteiger partial charge in [-0.05, 0) is 54.8 Å². The first kappa shape index (κ1) is 13.2. The molecule has 0 radical (unpaired) electrons. The molecule has 0 fully saturated rings. The lowest BCUT2D eigenvalue weighted by Crippen LogP contribution is -2.28. The quantitative estimate of drug-likeness (QED) is 0.813. The fourth-order valence-electron chi connectivity index (χ4n) is 2.54. The molecule has 2 aromatic carbocycles. The minimum absolute atomic E-state index is 0.0324. The molecule has 0 aromatic heterocycles. The van der Waals surface area contributed by atoms with Crippen LogP contribution < -0.4 is 10.6 Å². The van der Waals surface area contributed by atoms with Gasteiger partial charge in [0.15, 0.2) is 0 Å². The maximum Gasteiger partial charge on any atom is 0.258 e. The van der Waals surface area contributed by atoms with E-state index in [9.17, 15) is 4.79 Å². The van der Waals surface area contributed by atoms with E-state index in [1.807, 2.05) is 48.2 Å². The summed E-state index contributed by atoms with van der Waals surface area (Å²) in [5.41, 5.74) is 10.4. The SMILES string of the molecule is Cc1cc(C(=O)N2CCc3ccc(N)cc32)ccc1Br. The van der Waals surface area contributed by atoms with Crippen molar-refractivity contribution >= 4 is 33.2 Å². The zero-order valence-electron chi connectivity index (χ0n) is 11.2. The Hall–Kier alpha value is -1.81. The van der Waals surface area contributed by atoms with Crippen molar-refractivity contribution in [2.24, 2.45) is 0 Å². The first-order valence-electron chi connectivity index (χ1n) is 6.52. The number of anilines is 2. The number of aryl methyl sites for hydroxylation is 1. The largest absolute Gasteiger partial charge is 0.399 e. The fourth-order valence-corrected chi connectivity index (χ4v) is 2.79. The molecular formula is C16H15BrN2O.